The van der Waals surface area contributed by atoms with Crippen LogP contribution in [0.25, 0.3) is 6.08 Å². The van der Waals surface area contributed by atoms with Crippen molar-refractivity contribution < 1.29 is 19.4 Å². The number of aliphatic carboxylic acids is 1. The summed E-state index contributed by atoms with van der Waals surface area (Å²) in [5.74, 6) is -0.899. The smallest absolute Gasteiger partial charge is 0.352 e. The van der Waals surface area contributed by atoms with Crippen LogP contribution in [0.4, 0.5) is 0 Å². The van der Waals surface area contributed by atoms with Crippen molar-refractivity contribution in [1.82, 2.24) is 5.32 Å². The van der Waals surface area contributed by atoms with Gasteiger partial charge >= 0.3 is 5.97 Å². The van der Waals surface area contributed by atoms with Gasteiger partial charge in [0.05, 0.1) is 9.85 Å². The van der Waals surface area contributed by atoms with Gasteiger partial charge in [0.1, 0.15) is 17.2 Å². The molecule has 0 bridgehead atoms. The van der Waals surface area contributed by atoms with E-state index in [1.54, 1.807) is 42.5 Å². The first-order valence-electron chi connectivity index (χ1n) is 9.28. The molecule has 0 aromatic heterocycles. The third kappa shape index (κ3) is 6.47. The Morgan fingerprint density at radius 2 is 1.87 bits per heavy atom. The molecule has 2 aromatic carbocycles. The number of allylic oxidation sites excluding steroid dienone is 4. The van der Waals surface area contributed by atoms with Crippen LogP contribution in [0, 0.1) is 5.92 Å². The molecule has 2 N–H and O–H groups in total. The number of carboxylic acids is 1. The van der Waals surface area contributed by atoms with Crippen molar-refractivity contribution in [2.24, 2.45) is 5.92 Å². The van der Waals surface area contributed by atoms with Crippen LogP contribution in [-0.2, 0) is 9.59 Å². The third-order valence-electron chi connectivity index (χ3n) is 4.45. The van der Waals surface area contributed by atoms with Crippen LogP contribution in [0.2, 0.25) is 0 Å². The van der Waals surface area contributed by atoms with E-state index in [-0.39, 0.29) is 12.1 Å². The van der Waals surface area contributed by atoms with Crippen LogP contribution in [-0.4, -0.2) is 22.4 Å². The molecule has 0 aliphatic heterocycles. The lowest BCUT2D eigenvalue weighted by atomic mass is 9.96. The summed E-state index contributed by atoms with van der Waals surface area (Å²) in [5, 5.41) is 11.9. The van der Waals surface area contributed by atoms with Gasteiger partial charge in [-0.1, -0.05) is 48.0 Å². The fourth-order valence-corrected chi connectivity index (χ4v) is 3.90. The topological polar surface area (TPSA) is 75.6 Å². The number of amides is 1. The number of carboxylic acid groups (broad SMARTS) is 1. The van der Waals surface area contributed by atoms with Crippen molar-refractivity contribution in [3.8, 4) is 11.5 Å². The largest absolute Gasteiger partial charge is 0.477 e. The maximum Gasteiger partial charge on any atom is 0.352 e. The highest BCUT2D eigenvalue weighted by atomic mass is 79.9. The molecule has 2 atom stereocenters. The normalized spacial score (nSPS) is 18.3. The van der Waals surface area contributed by atoms with Crippen LogP contribution in [0.5, 0.6) is 11.5 Å². The van der Waals surface area contributed by atoms with E-state index in [1.165, 1.54) is 6.08 Å². The lowest BCUT2D eigenvalue weighted by molar-refractivity contribution is -0.134. The van der Waals surface area contributed by atoms with Crippen molar-refractivity contribution in [3.05, 3.63) is 87.5 Å². The predicted octanol–water partition coefficient (Wildman–Crippen LogP) is 6.09. The molecule has 2 unspecified atom stereocenters. The number of nitrogens with one attached hydrogen (secondary N) is 1. The monoisotopic (exact) mass is 521 g/mol. The summed E-state index contributed by atoms with van der Waals surface area (Å²) in [6.07, 6.45) is 6.47. The molecule has 160 valence electrons. The molecule has 0 saturated carbocycles. The Hall–Kier alpha value is -2.54. The Morgan fingerprint density at radius 3 is 2.52 bits per heavy atom. The van der Waals surface area contributed by atoms with Crippen LogP contribution in [0.1, 0.15) is 12.0 Å². The van der Waals surface area contributed by atoms with Crippen LogP contribution < -0.4 is 10.1 Å². The zero-order valence-electron chi connectivity index (χ0n) is 16.1. The number of carbonyl (C=O) groups is 2. The van der Waals surface area contributed by atoms with Crippen molar-refractivity contribution in [2.75, 3.05) is 0 Å². The van der Waals surface area contributed by atoms with E-state index < -0.39 is 23.2 Å². The second-order valence-electron chi connectivity index (χ2n) is 6.70. The Bertz CT molecular complexity index is 1060. The number of hydrogen-bond acceptors (Lipinski definition) is 3. The first-order chi connectivity index (χ1) is 14.8. The van der Waals surface area contributed by atoms with Gasteiger partial charge in [0.15, 0.2) is 0 Å². The first-order valence-corrected chi connectivity index (χ1v) is 10.9. The minimum absolute atomic E-state index is 0.0306. The standard InChI is InChI=1S/C23H18BrCl2NO4/c24-17-4-1-2-7-21(17)31-15-10-8-14(9-11-15)12-20(23(29)30)27-22(28)13-16-18(25)5-3-6-19(16)26/h1-12,16,18H,13H2,(H,27,28)(H,29,30)/b20-12-. The zero-order chi connectivity index (χ0) is 22.4. The quantitative estimate of drug-likeness (QED) is 0.341. The minimum atomic E-state index is -1.26. The van der Waals surface area contributed by atoms with E-state index in [0.717, 1.165) is 4.47 Å². The van der Waals surface area contributed by atoms with Crippen molar-refractivity contribution in [2.45, 2.75) is 11.8 Å². The molecule has 0 saturated heterocycles. The van der Waals surface area contributed by atoms with E-state index in [0.29, 0.717) is 22.1 Å². The van der Waals surface area contributed by atoms with E-state index in [1.807, 2.05) is 24.3 Å². The zero-order valence-corrected chi connectivity index (χ0v) is 19.2. The summed E-state index contributed by atoms with van der Waals surface area (Å²) in [4.78, 5) is 24.0. The second-order valence-corrected chi connectivity index (χ2v) is 8.50. The van der Waals surface area contributed by atoms with Gasteiger partial charge in [-0.2, -0.15) is 0 Å². The highest BCUT2D eigenvalue weighted by Gasteiger charge is 2.26. The summed E-state index contributed by atoms with van der Waals surface area (Å²) in [6.45, 7) is 0. The highest BCUT2D eigenvalue weighted by Crippen LogP contribution is 2.31. The third-order valence-corrected chi connectivity index (χ3v) is 5.97. The maximum atomic E-state index is 12.4. The predicted molar refractivity (Wildman–Crippen MR) is 125 cm³/mol. The Balaban J connectivity index is 1.68. The maximum absolute atomic E-state index is 12.4. The molecule has 0 spiro atoms. The molecule has 3 rings (SSSR count). The van der Waals surface area contributed by atoms with Gasteiger partial charge in [0.25, 0.3) is 0 Å². The molecule has 31 heavy (non-hydrogen) atoms. The molecule has 5 nitrogen and oxygen atoms in total. The van der Waals surface area contributed by atoms with Crippen LogP contribution in [0.3, 0.4) is 0 Å². The summed E-state index contributed by atoms with van der Waals surface area (Å²) in [5.41, 5.74) is 0.341. The minimum Gasteiger partial charge on any atom is -0.477 e. The van der Waals surface area contributed by atoms with Gasteiger partial charge in [-0.15, -0.1) is 11.6 Å². The Morgan fingerprint density at radius 1 is 1.16 bits per heavy atom. The number of benzene rings is 2. The highest BCUT2D eigenvalue weighted by molar-refractivity contribution is 9.10. The lowest BCUT2D eigenvalue weighted by Crippen LogP contribution is -2.31. The SMILES string of the molecule is O=C(CC1C(Cl)=CC=CC1Cl)N/C(=C\c1ccc(Oc2ccccc2Br)cc1)C(=O)O. The van der Waals surface area contributed by atoms with Crippen LogP contribution in [0.15, 0.2) is 82.0 Å². The van der Waals surface area contributed by atoms with Crippen LogP contribution >= 0.6 is 39.1 Å². The summed E-state index contributed by atoms with van der Waals surface area (Å²) in [6, 6.07) is 14.3. The van der Waals surface area contributed by atoms with E-state index >= 15 is 0 Å². The molecule has 1 aliphatic carbocycles. The average molecular weight is 523 g/mol. The molecule has 1 amide bonds. The van der Waals surface area contributed by atoms with Crippen molar-refractivity contribution in [3.63, 3.8) is 0 Å². The number of carbonyl (C=O) groups excluding carboxylic acids is 1. The summed E-state index contributed by atoms with van der Waals surface area (Å²) >= 11 is 15.7. The molecule has 2 aromatic rings. The van der Waals surface area contributed by atoms with Crippen molar-refractivity contribution in [1.29, 1.82) is 0 Å². The lowest BCUT2D eigenvalue weighted by Gasteiger charge is -2.21. The average Bonchev–Trinajstić information content (AvgIpc) is 2.73. The van der Waals surface area contributed by atoms with E-state index in [2.05, 4.69) is 21.2 Å². The van der Waals surface area contributed by atoms with E-state index in [4.69, 9.17) is 27.9 Å². The number of para-hydroxylation sites is 1. The van der Waals surface area contributed by atoms with Gasteiger partial charge < -0.3 is 15.2 Å². The van der Waals surface area contributed by atoms with Gasteiger partial charge in [-0.05, 0) is 57.9 Å². The number of halogens is 3. The first kappa shape index (κ1) is 23.1. The summed E-state index contributed by atoms with van der Waals surface area (Å²) in [7, 11) is 0. The summed E-state index contributed by atoms with van der Waals surface area (Å²) < 4.78 is 6.61. The Labute approximate surface area is 198 Å². The number of rotatable bonds is 7. The second kappa shape index (κ2) is 10.7. The molecule has 1 aliphatic rings. The Kier molecular flexibility index (Phi) is 7.96. The van der Waals surface area contributed by atoms with Gasteiger partial charge in [-0.3, -0.25) is 4.79 Å². The molecule has 0 fully saturated rings. The molecule has 0 heterocycles. The molecule has 0 radical (unpaired) electrons. The number of ether oxygens (including phenoxy) is 1. The van der Waals surface area contributed by atoms with Crippen molar-refractivity contribution >= 4 is 57.1 Å². The van der Waals surface area contributed by atoms with E-state index in [9.17, 15) is 14.7 Å². The van der Waals surface area contributed by atoms with Gasteiger partial charge in [0, 0.05) is 17.4 Å². The molecule has 8 heteroatoms. The van der Waals surface area contributed by atoms with Gasteiger partial charge in [0.2, 0.25) is 5.91 Å². The fourth-order valence-electron chi connectivity index (χ4n) is 2.88. The van der Waals surface area contributed by atoms with Gasteiger partial charge in [-0.25, -0.2) is 4.79 Å². The number of alkyl halides is 1. The number of hydrogen-bond donors (Lipinski definition) is 2. The fraction of sp³-hybridized carbons (Fsp3) is 0.130. The molecular weight excluding hydrogens is 505 g/mol. The molecular formula is C23H18BrCl2NO4.